The highest BCUT2D eigenvalue weighted by Crippen LogP contribution is 2.19. The second-order valence-corrected chi connectivity index (χ2v) is 4.72. The molecular formula is C16H13FN2O2. The van der Waals surface area contributed by atoms with E-state index in [1.165, 1.54) is 24.3 Å². The maximum absolute atomic E-state index is 12.8. The van der Waals surface area contributed by atoms with Crippen LogP contribution in [0.1, 0.15) is 29.2 Å². The van der Waals surface area contributed by atoms with E-state index in [1.54, 1.807) is 6.92 Å². The van der Waals surface area contributed by atoms with Gasteiger partial charge in [-0.2, -0.15) is 0 Å². The quantitative estimate of drug-likeness (QED) is 0.801. The summed E-state index contributed by atoms with van der Waals surface area (Å²) in [6.07, 6.45) is 0. The molecule has 1 heterocycles. The van der Waals surface area contributed by atoms with E-state index >= 15 is 0 Å². The number of benzene rings is 2. The number of fused-ring (bicyclic) bond motifs is 1. The van der Waals surface area contributed by atoms with Crippen LogP contribution in [0.2, 0.25) is 0 Å². The minimum Gasteiger partial charge on any atom is -0.438 e. The van der Waals surface area contributed by atoms with Crippen molar-refractivity contribution in [2.45, 2.75) is 13.0 Å². The average Bonchev–Trinajstić information content (AvgIpc) is 2.92. The normalized spacial score (nSPS) is 12.3. The van der Waals surface area contributed by atoms with Crippen LogP contribution in [0.15, 0.2) is 52.9 Å². The highest BCUT2D eigenvalue weighted by atomic mass is 19.1. The molecule has 0 saturated heterocycles. The van der Waals surface area contributed by atoms with Crippen LogP contribution in [0.3, 0.4) is 0 Å². The van der Waals surface area contributed by atoms with Crippen molar-refractivity contribution in [2.75, 3.05) is 0 Å². The lowest BCUT2D eigenvalue weighted by Gasteiger charge is -2.10. The molecule has 1 atom stereocenters. The first-order valence-corrected chi connectivity index (χ1v) is 6.55. The van der Waals surface area contributed by atoms with Crippen molar-refractivity contribution in [3.63, 3.8) is 0 Å². The van der Waals surface area contributed by atoms with E-state index in [0.717, 1.165) is 5.52 Å². The van der Waals surface area contributed by atoms with Gasteiger partial charge in [-0.05, 0) is 43.3 Å². The van der Waals surface area contributed by atoms with Crippen molar-refractivity contribution in [1.29, 1.82) is 0 Å². The average molecular weight is 284 g/mol. The topological polar surface area (TPSA) is 55.1 Å². The minimum atomic E-state index is -0.380. The summed E-state index contributed by atoms with van der Waals surface area (Å²) >= 11 is 0. The molecule has 0 spiro atoms. The van der Waals surface area contributed by atoms with E-state index in [4.69, 9.17) is 4.42 Å². The number of aromatic nitrogens is 1. The van der Waals surface area contributed by atoms with Gasteiger partial charge in [0.2, 0.25) is 5.89 Å². The zero-order valence-electron chi connectivity index (χ0n) is 11.3. The van der Waals surface area contributed by atoms with Gasteiger partial charge in [-0.3, -0.25) is 4.79 Å². The number of nitrogens with one attached hydrogen (secondary N) is 1. The van der Waals surface area contributed by atoms with E-state index < -0.39 is 0 Å². The number of hydrogen-bond acceptors (Lipinski definition) is 3. The standard InChI is InChI=1S/C16H13FN2O2/c1-10(16-19-13-4-2-3-5-14(13)21-16)18-15(20)11-6-8-12(17)9-7-11/h2-10H,1H3,(H,18,20). The molecule has 3 aromatic rings. The predicted molar refractivity (Wildman–Crippen MR) is 76.3 cm³/mol. The molecule has 0 bridgehead atoms. The van der Waals surface area contributed by atoms with Gasteiger partial charge >= 0.3 is 0 Å². The number of carbonyl (C=O) groups excluding carboxylic acids is 1. The molecule has 21 heavy (non-hydrogen) atoms. The summed E-state index contributed by atoms with van der Waals surface area (Å²) in [6.45, 7) is 1.78. The smallest absolute Gasteiger partial charge is 0.251 e. The SMILES string of the molecule is CC(NC(=O)c1ccc(F)cc1)c1nc2ccccc2o1. The molecule has 1 N–H and O–H groups in total. The largest absolute Gasteiger partial charge is 0.438 e. The Morgan fingerprint density at radius 1 is 1.19 bits per heavy atom. The Hall–Kier alpha value is -2.69. The summed E-state index contributed by atoms with van der Waals surface area (Å²) in [7, 11) is 0. The number of para-hydroxylation sites is 2. The molecule has 3 rings (SSSR count). The molecule has 4 nitrogen and oxygen atoms in total. The first-order valence-electron chi connectivity index (χ1n) is 6.55. The van der Waals surface area contributed by atoms with Crippen molar-refractivity contribution < 1.29 is 13.6 Å². The van der Waals surface area contributed by atoms with Gasteiger partial charge in [-0.25, -0.2) is 9.37 Å². The van der Waals surface area contributed by atoms with Crippen LogP contribution in [-0.2, 0) is 0 Å². The lowest BCUT2D eigenvalue weighted by Crippen LogP contribution is -2.26. The molecule has 0 aliphatic carbocycles. The maximum Gasteiger partial charge on any atom is 0.251 e. The zero-order chi connectivity index (χ0) is 14.8. The Bertz CT molecular complexity index is 747. The van der Waals surface area contributed by atoms with E-state index in [-0.39, 0.29) is 17.8 Å². The Morgan fingerprint density at radius 3 is 2.62 bits per heavy atom. The van der Waals surface area contributed by atoms with Crippen molar-refractivity contribution >= 4 is 17.0 Å². The minimum absolute atomic E-state index is 0.301. The summed E-state index contributed by atoms with van der Waals surface area (Å²) < 4.78 is 18.4. The number of carbonyl (C=O) groups is 1. The van der Waals surface area contributed by atoms with Gasteiger partial charge in [0.1, 0.15) is 17.4 Å². The maximum atomic E-state index is 12.8. The highest BCUT2D eigenvalue weighted by Gasteiger charge is 2.16. The molecule has 0 fully saturated rings. The van der Waals surface area contributed by atoms with Crippen molar-refractivity contribution in [2.24, 2.45) is 0 Å². The fourth-order valence-corrected chi connectivity index (χ4v) is 2.02. The first-order chi connectivity index (χ1) is 10.1. The molecule has 2 aromatic carbocycles. The summed E-state index contributed by atoms with van der Waals surface area (Å²) in [4.78, 5) is 16.4. The Morgan fingerprint density at radius 2 is 1.90 bits per heavy atom. The monoisotopic (exact) mass is 284 g/mol. The number of nitrogens with zero attached hydrogens (tertiary/aromatic N) is 1. The second kappa shape index (κ2) is 5.36. The molecule has 1 aromatic heterocycles. The van der Waals surface area contributed by atoms with Crippen LogP contribution in [0.4, 0.5) is 4.39 Å². The van der Waals surface area contributed by atoms with E-state index in [0.29, 0.717) is 17.0 Å². The van der Waals surface area contributed by atoms with Gasteiger partial charge < -0.3 is 9.73 Å². The van der Waals surface area contributed by atoms with Crippen LogP contribution >= 0.6 is 0 Å². The zero-order valence-corrected chi connectivity index (χ0v) is 11.3. The second-order valence-electron chi connectivity index (χ2n) is 4.72. The first kappa shape index (κ1) is 13.3. The molecule has 5 heteroatoms. The van der Waals surface area contributed by atoms with Crippen molar-refractivity contribution in [3.8, 4) is 0 Å². The third-order valence-electron chi connectivity index (χ3n) is 3.13. The van der Waals surface area contributed by atoms with Crippen molar-refractivity contribution in [1.82, 2.24) is 10.3 Å². The van der Waals surface area contributed by atoms with Crippen LogP contribution in [0.25, 0.3) is 11.1 Å². The predicted octanol–water partition coefficient (Wildman–Crippen LogP) is 3.46. The summed E-state index contributed by atoms with van der Waals surface area (Å²) in [5.74, 6) is -0.241. The fraction of sp³-hybridized carbons (Fsp3) is 0.125. The molecule has 1 amide bonds. The van der Waals surface area contributed by atoms with E-state index in [9.17, 15) is 9.18 Å². The third-order valence-corrected chi connectivity index (χ3v) is 3.13. The number of rotatable bonds is 3. The van der Waals surface area contributed by atoms with Gasteiger partial charge in [-0.15, -0.1) is 0 Å². The van der Waals surface area contributed by atoms with Crippen LogP contribution in [0.5, 0.6) is 0 Å². The number of oxazole rings is 1. The molecule has 1 unspecified atom stereocenters. The molecule has 0 aliphatic heterocycles. The molecule has 0 saturated carbocycles. The molecule has 106 valence electrons. The van der Waals surface area contributed by atoms with Gasteiger partial charge in [0, 0.05) is 5.56 Å². The highest BCUT2D eigenvalue weighted by molar-refractivity contribution is 5.94. The fourth-order valence-electron chi connectivity index (χ4n) is 2.02. The summed E-state index contributed by atoms with van der Waals surface area (Å²) in [5.41, 5.74) is 1.81. The molecule has 0 aliphatic rings. The van der Waals surface area contributed by atoms with Gasteiger partial charge in [0.05, 0.1) is 0 Å². The number of amides is 1. The number of halogens is 1. The van der Waals surface area contributed by atoms with Crippen LogP contribution in [-0.4, -0.2) is 10.9 Å². The Labute approximate surface area is 120 Å². The van der Waals surface area contributed by atoms with Crippen LogP contribution in [0, 0.1) is 5.82 Å². The Kier molecular flexibility index (Phi) is 3.39. The summed E-state index contributed by atoms with van der Waals surface area (Å²) in [5, 5.41) is 2.78. The lowest BCUT2D eigenvalue weighted by molar-refractivity contribution is 0.0934. The molecular weight excluding hydrogens is 271 g/mol. The lowest BCUT2D eigenvalue weighted by atomic mass is 10.2. The molecule has 0 radical (unpaired) electrons. The summed E-state index contributed by atoms with van der Waals surface area (Å²) in [6, 6.07) is 12.4. The number of hydrogen-bond donors (Lipinski definition) is 1. The van der Waals surface area contributed by atoms with E-state index in [1.807, 2.05) is 24.3 Å². The van der Waals surface area contributed by atoms with Gasteiger partial charge in [0.25, 0.3) is 5.91 Å². The van der Waals surface area contributed by atoms with Gasteiger partial charge in [-0.1, -0.05) is 12.1 Å². The Balaban J connectivity index is 1.77. The third kappa shape index (κ3) is 2.76. The van der Waals surface area contributed by atoms with Crippen molar-refractivity contribution in [3.05, 3.63) is 65.8 Å². The van der Waals surface area contributed by atoms with Gasteiger partial charge in [0.15, 0.2) is 5.58 Å². The van der Waals surface area contributed by atoms with E-state index in [2.05, 4.69) is 10.3 Å². The van der Waals surface area contributed by atoms with Crippen LogP contribution < -0.4 is 5.32 Å².